The molecule has 0 aliphatic carbocycles. The highest BCUT2D eigenvalue weighted by Crippen LogP contribution is 1.74. The van der Waals surface area contributed by atoms with Crippen LogP contribution in [0.3, 0.4) is 0 Å². The summed E-state index contributed by atoms with van der Waals surface area (Å²) >= 11 is 0. The molecule has 0 saturated carbocycles. The lowest BCUT2D eigenvalue weighted by Gasteiger charge is -1.95. The Bertz CT molecular complexity index is 107. The molecule has 0 saturated heterocycles. The standard InChI is InChI=1S/C5H7BO3/c1-4(7)2-9-3-5(6)8/h2-3H2,1H3. The van der Waals surface area contributed by atoms with E-state index in [1.165, 1.54) is 6.92 Å². The molecule has 3 nitrogen and oxygen atoms in total. The topological polar surface area (TPSA) is 43.4 Å². The van der Waals surface area contributed by atoms with Crippen LogP contribution in [-0.4, -0.2) is 32.5 Å². The second-order valence-electron chi connectivity index (χ2n) is 1.66. The SMILES string of the molecule is [B]C(=O)COCC(C)=O. The molecule has 0 N–H and O–H groups in total. The molecule has 0 aromatic rings. The van der Waals surface area contributed by atoms with Crippen LogP contribution in [0.4, 0.5) is 0 Å². The van der Waals surface area contributed by atoms with Crippen molar-refractivity contribution in [3.05, 3.63) is 0 Å². The van der Waals surface area contributed by atoms with Gasteiger partial charge in [-0.2, -0.15) is 0 Å². The van der Waals surface area contributed by atoms with E-state index in [0.717, 1.165) is 0 Å². The molecule has 0 rings (SSSR count). The number of rotatable bonds is 4. The number of ketones is 1. The maximum atomic E-state index is 10.1. The van der Waals surface area contributed by atoms with Gasteiger partial charge in [0, 0.05) is 0 Å². The van der Waals surface area contributed by atoms with Crippen molar-refractivity contribution >= 4 is 19.3 Å². The Morgan fingerprint density at radius 1 is 1.44 bits per heavy atom. The molecule has 0 atom stereocenters. The predicted molar refractivity (Wildman–Crippen MR) is 32.3 cm³/mol. The molecular formula is C5H7BO3. The monoisotopic (exact) mass is 126 g/mol. The van der Waals surface area contributed by atoms with Gasteiger partial charge >= 0.3 is 0 Å². The van der Waals surface area contributed by atoms with Gasteiger partial charge in [0.1, 0.15) is 12.3 Å². The molecule has 0 fully saturated rings. The number of carbonyl (C=O) groups excluding carboxylic acids is 2. The second kappa shape index (κ2) is 4.26. The fourth-order valence-corrected chi connectivity index (χ4v) is 0.295. The van der Waals surface area contributed by atoms with E-state index in [4.69, 9.17) is 7.85 Å². The minimum absolute atomic E-state index is 0.0388. The molecule has 0 bridgehead atoms. The van der Waals surface area contributed by atoms with Crippen LogP contribution in [0.15, 0.2) is 0 Å². The zero-order valence-electron chi connectivity index (χ0n) is 5.22. The minimum Gasteiger partial charge on any atom is -0.367 e. The van der Waals surface area contributed by atoms with Crippen molar-refractivity contribution in [2.24, 2.45) is 0 Å². The number of ether oxygens (including phenoxy) is 1. The zero-order valence-corrected chi connectivity index (χ0v) is 5.22. The van der Waals surface area contributed by atoms with E-state index in [1.54, 1.807) is 0 Å². The van der Waals surface area contributed by atoms with Crippen LogP contribution in [-0.2, 0) is 14.3 Å². The lowest BCUT2D eigenvalue weighted by atomic mass is 10.1. The maximum absolute atomic E-state index is 10.1. The lowest BCUT2D eigenvalue weighted by Crippen LogP contribution is -2.12. The Hall–Kier alpha value is -0.635. The summed E-state index contributed by atoms with van der Waals surface area (Å²) in [7, 11) is 4.70. The largest absolute Gasteiger partial charge is 0.367 e. The second-order valence-corrected chi connectivity index (χ2v) is 1.66. The van der Waals surface area contributed by atoms with E-state index in [9.17, 15) is 9.59 Å². The molecule has 0 heterocycles. The number of hydrogen-bond donors (Lipinski definition) is 0. The van der Waals surface area contributed by atoms with Crippen molar-refractivity contribution in [1.29, 1.82) is 0 Å². The lowest BCUT2D eigenvalue weighted by molar-refractivity contribution is -0.124. The molecule has 9 heavy (non-hydrogen) atoms. The predicted octanol–water partition coefficient (Wildman–Crippen LogP) is -0.713. The highest BCUT2D eigenvalue weighted by molar-refractivity contribution is 6.58. The van der Waals surface area contributed by atoms with Gasteiger partial charge in [-0.05, 0) is 6.92 Å². The number of hydrogen-bond acceptors (Lipinski definition) is 3. The van der Waals surface area contributed by atoms with E-state index < -0.39 is 5.68 Å². The first-order chi connectivity index (χ1) is 4.13. The molecule has 0 amide bonds. The summed E-state index contributed by atoms with van der Waals surface area (Å²) in [6, 6.07) is 0. The van der Waals surface area contributed by atoms with Crippen LogP contribution in [0.2, 0.25) is 0 Å². The molecule has 0 aliphatic heterocycles. The molecule has 0 aromatic carbocycles. The van der Waals surface area contributed by atoms with Crippen LogP contribution >= 0.6 is 0 Å². The normalized spacial score (nSPS) is 9.00. The quantitative estimate of drug-likeness (QED) is 0.467. The Labute approximate surface area is 54.8 Å². The molecule has 4 heteroatoms. The Morgan fingerprint density at radius 2 is 2.00 bits per heavy atom. The Kier molecular flexibility index (Phi) is 3.96. The van der Waals surface area contributed by atoms with Crippen molar-refractivity contribution < 1.29 is 14.3 Å². The summed E-state index contributed by atoms with van der Waals surface area (Å²) in [5, 5.41) is 0. The van der Waals surface area contributed by atoms with Crippen LogP contribution < -0.4 is 0 Å². The van der Waals surface area contributed by atoms with E-state index in [2.05, 4.69) is 4.74 Å². The van der Waals surface area contributed by atoms with E-state index in [1.807, 2.05) is 0 Å². The molecule has 0 aliphatic rings. The highest BCUT2D eigenvalue weighted by Gasteiger charge is 1.94. The summed E-state index contributed by atoms with van der Waals surface area (Å²) in [5.74, 6) is -0.115. The van der Waals surface area contributed by atoms with Crippen molar-refractivity contribution in [2.75, 3.05) is 13.2 Å². The van der Waals surface area contributed by atoms with Gasteiger partial charge in [0.25, 0.3) is 0 Å². The van der Waals surface area contributed by atoms with Crippen molar-refractivity contribution in [3.8, 4) is 0 Å². The van der Waals surface area contributed by atoms with E-state index in [0.29, 0.717) is 0 Å². The van der Waals surface area contributed by atoms with Crippen molar-refractivity contribution in [3.63, 3.8) is 0 Å². The first-order valence-corrected chi connectivity index (χ1v) is 2.48. The minimum atomic E-state index is -0.559. The molecule has 0 spiro atoms. The molecule has 0 aromatic heterocycles. The third-order valence-electron chi connectivity index (χ3n) is 0.550. The molecular weight excluding hydrogens is 119 g/mol. The number of carbonyl (C=O) groups is 2. The average molecular weight is 126 g/mol. The third-order valence-corrected chi connectivity index (χ3v) is 0.550. The molecule has 2 radical (unpaired) electrons. The van der Waals surface area contributed by atoms with Gasteiger partial charge in [-0.25, -0.2) is 0 Å². The molecule has 0 unspecified atom stereocenters. The van der Waals surface area contributed by atoms with Crippen LogP contribution in [0.1, 0.15) is 6.92 Å². The summed E-state index contributed by atoms with van der Waals surface area (Å²) in [4.78, 5) is 20.1. The van der Waals surface area contributed by atoms with Crippen LogP contribution in [0.5, 0.6) is 0 Å². The summed E-state index contributed by atoms with van der Waals surface area (Å²) in [6.07, 6.45) is 0. The van der Waals surface area contributed by atoms with E-state index >= 15 is 0 Å². The summed E-state index contributed by atoms with van der Waals surface area (Å²) in [5.41, 5.74) is -0.559. The Balaban J connectivity index is 3.10. The average Bonchev–Trinajstić information content (AvgIpc) is 1.63. The first kappa shape index (κ1) is 8.36. The highest BCUT2D eigenvalue weighted by atomic mass is 16.5. The van der Waals surface area contributed by atoms with Crippen molar-refractivity contribution in [1.82, 2.24) is 0 Å². The summed E-state index contributed by atoms with van der Waals surface area (Å²) in [6.45, 7) is 1.16. The van der Waals surface area contributed by atoms with Crippen LogP contribution in [0.25, 0.3) is 0 Å². The van der Waals surface area contributed by atoms with Gasteiger partial charge in [0.05, 0.1) is 6.61 Å². The zero-order chi connectivity index (χ0) is 7.28. The smallest absolute Gasteiger partial charge is 0.171 e. The maximum Gasteiger partial charge on any atom is 0.171 e. The third kappa shape index (κ3) is 7.36. The van der Waals surface area contributed by atoms with Gasteiger partial charge < -0.3 is 9.53 Å². The van der Waals surface area contributed by atoms with Gasteiger partial charge in [-0.1, -0.05) is 0 Å². The van der Waals surface area contributed by atoms with Crippen LogP contribution in [0, 0.1) is 0 Å². The van der Waals surface area contributed by atoms with Gasteiger partial charge in [-0.3, -0.25) is 4.79 Å². The van der Waals surface area contributed by atoms with Crippen molar-refractivity contribution in [2.45, 2.75) is 6.92 Å². The van der Waals surface area contributed by atoms with Gasteiger partial charge in [-0.15, -0.1) is 0 Å². The number of Topliss-reactive ketones (excluding diaryl/α,β-unsaturated/α-hetero) is 1. The van der Waals surface area contributed by atoms with Gasteiger partial charge in [0.2, 0.25) is 0 Å². The van der Waals surface area contributed by atoms with E-state index in [-0.39, 0.29) is 19.0 Å². The fourth-order valence-electron chi connectivity index (χ4n) is 0.295. The molecule has 48 valence electrons. The fraction of sp³-hybridized carbons (Fsp3) is 0.600. The summed E-state index contributed by atoms with van der Waals surface area (Å²) < 4.78 is 4.53. The Morgan fingerprint density at radius 3 is 2.33 bits per heavy atom. The van der Waals surface area contributed by atoms with Gasteiger partial charge in [0.15, 0.2) is 13.6 Å². The first-order valence-electron chi connectivity index (χ1n) is 2.48.